The Kier molecular flexibility index (Phi) is 6.65. The number of primary amides is 1. The number of rotatable bonds is 4. The van der Waals surface area contributed by atoms with E-state index in [0.29, 0.717) is 31.5 Å². The second kappa shape index (κ2) is 9.51. The van der Waals surface area contributed by atoms with E-state index in [9.17, 15) is 44.3 Å². The Hall–Kier alpha value is -3.58. The number of piperidine rings is 1. The number of phenols is 1. The second-order valence-electron chi connectivity index (χ2n) is 11.2. The van der Waals surface area contributed by atoms with Crippen molar-refractivity contribution < 1.29 is 44.3 Å². The van der Waals surface area contributed by atoms with Crippen LogP contribution in [0.2, 0.25) is 0 Å². The summed E-state index contributed by atoms with van der Waals surface area (Å²) in [5.74, 6) is -8.98. The predicted octanol–water partition coefficient (Wildman–Crippen LogP) is 0.339. The highest BCUT2D eigenvalue weighted by Gasteiger charge is 2.68. The number of carbonyl (C=O) groups excluding carboxylic acids is 3. The number of aliphatic hydroxyl groups is 4. The number of hydrogen-bond donors (Lipinski definition) is 6. The lowest BCUT2D eigenvalue weighted by Gasteiger charge is -2.52. The van der Waals surface area contributed by atoms with Gasteiger partial charge in [0.15, 0.2) is 11.4 Å². The number of ketones is 2. The number of hydrogen-bond acceptors (Lipinski definition) is 10. The maximum Gasteiger partial charge on any atom is 0.255 e. The molecule has 2 fully saturated rings. The van der Waals surface area contributed by atoms with Crippen molar-refractivity contribution in [2.24, 2.45) is 17.6 Å². The summed E-state index contributed by atoms with van der Waals surface area (Å²) in [6.45, 7) is 5.20. The first kappa shape index (κ1) is 28.0. The molecular formula is C28H32FN3O8. The van der Waals surface area contributed by atoms with Gasteiger partial charge in [0.25, 0.3) is 5.91 Å². The summed E-state index contributed by atoms with van der Waals surface area (Å²) < 4.78 is 13.6. The van der Waals surface area contributed by atoms with Crippen LogP contribution in [-0.2, 0) is 20.9 Å². The molecule has 1 amide bonds. The smallest absolute Gasteiger partial charge is 0.255 e. The number of aliphatic hydroxyl groups excluding tert-OH is 3. The number of Topliss-reactive ketones (excluding diaryl/α,β-unsaturated/α-hetero) is 2. The molecule has 4 aliphatic rings. The van der Waals surface area contributed by atoms with E-state index in [1.54, 1.807) is 12.1 Å². The Labute approximate surface area is 229 Å². The minimum absolute atomic E-state index is 0.139. The number of nitrogens with zero attached hydrogens (tertiary/aromatic N) is 2. The number of alkyl halides is 1. The molecule has 5 rings (SSSR count). The number of likely N-dealkylation sites (tertiary alicyclic amines) is 1. The molecule has 0 bridgehead atoms. The van der Waals surface area contributed by atoms with Crippen molar-refractivity contribution in [3.8, 4) is 5.75 Å². The fourth-order valence-electron chi connectivity index (χ4n) is 6.72. The van der Waals surface area contributed by atoms with Gasteiger partial charge in [-0.25, -0.2) is 4.39 Å². The molecule has 1 aliphatic heterocycles. The first-order chi connectivity index (χ1) is 18.7. The third-order valence-electron chi connectivity index (χ3n) is 8.74. The summed E-state index contributed by atoms with van der Waals surface area (Å²) >= 11 is 0. The van der Waals surface area contributed by atoms with E-state index < -0.39 is 75.9 Å². The molecule has 3 aliphatic carbocycles. The predicted molar refractivity (Wildman–Crippen MR) is 140 cm³/mol. The minimum atomic E-state index is -2.99. The zero-order chi connectivity index (χ0) is 29.4. The van der Waals surface area contributed by atoms with Gasteiger partial charge >= 0.3 is 0 Å². The van der Waals surface area contributed by atoms with Crippen LogP contribution in [0.15, 0.2) is 35.6 Å². The molecule has 1 heterocycles. The summed E-state index contributed by atoms with van der Waals surface area (Å²) in [5, 5.41) is 56.9. The van der Waals surface area contributed by atoms with Gasteiger partial charge in [0.05, 0.1) is 29.2 Å². The number of fused-ring (bicyclic) bond motifs is 3. The first-order valence-electron chi connectivity index (χ1n) is 13.0. The Balaban J connectivity index is 1.67. The normalized spacial score (nSPS) is 31.4. The molecule has 5 atom stereocenters. The summed E-state index contributed by atoms with van der Waals surface area (Å²) in [5.41, 5.74) is 1.45. The number of likely N-dealkylation sites (N-methyl/N-ethyl adjacent to an activating group) is 1. The molecule has 12 heteroatoms. The highest BCUT2D eigenvalue weighted by Crippen LogP contribution is 2.55. The summed E-state index contributed by atoms with van der Waals surface area (Å²) in [6.07, 6.45) is -1.92. The molecule has 7 N–H and O–H groups in total. The average Bonchev–Trinajstić information content (AvgIpc) is 2.88. The van der Waals surface area contributed by atoms with E-state index in [0.717, 1.165) is 0 Å². The molecule has 1 aromatic carbocycles. The third-order valence-corrected chi connectivity index (χ3v) is 8.74. The Morgan fingerprint density at radius 2 is 1.82 bits per heavy atom. The number of benzene rings is 1. The van der Waals surface area contributed by atoms with Gasteiger partial charge in [-0.2, -0.15) is 0 Å². The lowest BCUT2D eigenvalue weighted by Crippen LogP contribution is -2.70. The van der Waals surface area contributed by atoms with Crippen LogP contribution in [0.4, 0.5) is 4.39 Å². The van der Waals surface area contributed by atoms with Gasteiger partial charge in [0.2, 0.25) is 5.78 Å². The van der Waals surface area contributed by atoms with Crippen molar-refractivity contribution in [3.63, 3.8) is 0 Å². The highest BCUT2D eigenvalue weighted by atomic mass is 19.1. The molecule has 11 nitrogen and oxygen atoms in total. The molecule has 0 radical (unpaired) electrons. The second-order valence-corrected chi connectivity index (χ2v) is 11.2. The van der Waals surface area contributed by atoms with Crippen molar-refractivity contribution in [3.05, 3.63) is 52.3 Å². The van der Waals surface area contributed by atoms with Crippen molar-refractivity contribution in [1.29, 1.82) is 0 Å². The van der Waals surface area contributed by atoms with Gasteiger partial charge in [0.1, 0.15) is 29.0 Å². The Bertz CT molecular complexity index is 1410. The number of halogens is 1. The van der Waals surface area contributed by atoms with Gasteiger partial charge in [0, 0.05) is 31.1 Å². The monoisotopic (exact) mass is 557 g/mol. The zero-order valence-electron chi connectivity index (χ0n) is 22.1. The number of carbonyl (C=O) groups is 3. The molecule has 1 aromatic rings. The van der Waals surface area contributed by atoms with Crippen LogP contribution >= 0.6 is 0 Å². The number of aromatic hydroxyl groups is 1. The highest BCUT2D eigenvalue weighted by molar-refractivity contribution is 6.25. The fraction of sp³-hybridized carbons (Fsp3) is 0.464. The van der Waals surface area contributed by atoms with Crippen molar-refractivity contribution in [2.45, 2.75) is 43.3 Å². The third kappa shape index (κ3) is 3.74. The molecule has 40 heavy (non-hydrogen) atoms. The molecule has 214 valence electrons. The van der Waals surface area contributed by atoms with Gasteiger partial charge < -0.3 is 31.3 Å². The van der Waals surface area contributed by atoms with Crippen LogP contribution in [-0.4, -0.2) is 104 Å². The van der Waals surface area contributed by atoms with Crippen LogP contribution in [0.1, 0.15) is 29.5 Å². The van der Waals surface area contributed by atoms with E-state index in [1.165, 1.54) is 19.0 Å². The van der Waals surface area contributed by atoms with Gasteiger partial charge in [-0.1, -0.05) is 18.7 Å². The molecule has 1 saturated carbocycles. The quantitative estimate of drug-likeness (QED) is 0.282. The standard InChI is InChI=1S/C28H32FN3O8/c1-11-14-5-4-12(10-32-8-6-13(29)7-9-32)21(33)16(14)22(34)17-15(11)23(35)19-20(31(2)3)24(36)18(27(30)39)26(38)28(19,40)25(17)37/h4-5,13,15,19-20,23,33-35,38,40H,1,6-10H2,2-3H3,(H2,30,39)/t15-,19-,20+,23+,28+/m1/s1. The Morgan fingerprint density at radius 3 is 2.40 bits per heavy atom. The maximum absolute atomic E-state index is 14.0. The number of amides is 1. The lowest BCUT2D eigenvalue weighted by molar-refractivity contribution is -0.166. The van der Waals surface area contributed by atoms with E-state index >= 15 is 0 Å². The fourth-order valence-corrected chi connectivity index (χ4v) is 6.72. The molecule has 0 aromatic heterocycles. The lowest BCUT2D eigenvalue weighted by atomic mass is 9.55. The van der Waals surface area contributed by atoms with Crippen molar-refractivity contribution in [1.82, 2.24) is 9.80 Å². The SMILES string of the molecule is C=C1c2ccc(CN3CCC(F)CC3)c(O)c2C(O)=C2C(=O)[C@]3(O)C(O)=C(C(N)=O)C(=O)[C@@H](N(C)C)[C@@H]3[C@@H](O)[C@H]12. The molecular weight excluding hydrogens is 525 g/mol. The van der Waals surface area contributed by atoms with Crippen LogP contribution in [0, 0.1) is 11.8 Å². The van der Waals surface area contributed by atoms with Crippen LogP contribution < -0.4 is 5.73 Å². The van der Waals surface area contributed by atoms with E-state index in [2.05, 4.69) is 6.58 Å². The number of phenolic OH excluding ortho intramolecular Hbond substituents is 1. The summed E-state index contributed by atoms with van der Waals surface area (Å²) in [6, 6.07) is 1.76. The van der Waals surface area contributed by atoms with E-state index in [1.807, 2.05) is 4.90 Å². The minimum Gasteiger partial charge on any atom is -0.508 e. The number of nitrogens with two attached hydrogens (primary N) is 1. The van der Waals surface area contributed by atoms with E-state index in [-0.39, 0.29) is 29.0 Å². The van der Waals surface area contributed by atoms with Gasteiger partial charge in [-0.3, -0.25) is 24.2 Å². The van der Waals surface area contributed by atoms with Crippen molar-refractivity contribution in [2.75, 3.05) is 27.2 Å². The summed E-state index contributed by atoms with van der Waals surface area (Å²) in [4.78, 5) is 42.6. The Morgan fingerprint density at radius 1 is 1.20 bits per heavy atom. The van der Waals surface area contributed by atoms with Crippen molar-refractivity contribution >= 4 is 28.8 Å². The average molecular weight is 558 g/mol. The van der Waals surface area contributed by atoms with Crippen LogP contribution in [0.25, 0.3) is 11.3 Å². The largest absolute Gasteiger partial charge is 0.508 e. The molecule has 0 spiro atoms. The van der Waals surface area contributed by atoms with Crippen LogP contribution in [0.3, 0.4) is 0 Å². The van der Waals surface area contributed by atoms with Gasteiger partial charge in [-0.15, -0.1) is 0 Å². The topological polar surface area (TPSA) is 185 Å². The zero-order valence-corrected chi connectivity index (χ0v) is 22.1. The molecule has 0 unspecified atom stereocenters. The van der Waals surface area contributed by atoms with Gasteiger partial charge in [-0.05, 0) is 38.1 Å². The molecule has 1 saturated heterocycles. The maximum atomic E-state index is 14.0. The first-order valence-corrected chi connectivity index (χ1v) is 13.0. The van der Waals surface area contributed by atoms with Crippen LogP contribution in [0.5, 0.6) is 5.75 Å². The van der Waals surface area contributed by atoms with E-state index in [4.69, 9.17) is 5.73 Å². The summed E-state index contributed by atoms with van der Waals surface area (Å²) in [7, 11) is 2.87.